The summed E-state index contributed by atoms with van der Waals surface area (Å²) in [5.41, 5.74) is 3.97. The molecule has 0 aromatic heterocycles. The normalized spacial score (nSPS) is 9.94. The molecule has 0 saturated heterocycles. The van der Waals surface area contributed by atoms with Gasteiger partial charge in [-0.25, -0.2) is 0 Å². The maximum absolute atomic E-state index is 5.26. The Balaban J connectivity index is 2.04. The number of terminal acetylenes is 1. The van der Waals surface area contributed by atoms with Gasteiger partial charge in [-0.1, -0.05) is 54.6 Å². The van der Waals surface area contributed by atoms with Crippen molar-refractivity contribution in [3.8, 4) is 23.5 Å². The molecular formula is C18H18. The number of hydrogen-bond donors (Lipinski definition) is 0. The lowest BCUT2D eigenvalue weighted by Crippen LogP contribution is -1.86. The second-order valence-corrected chi connectivity index (χ2v) is 4.48. The molecule has 18 heavy (non-hydrogen) atoms. The number of rotatable bonds is 5. The standard InChI is InChI=1S/C18H18/c1-2-3-4-6-10-16-11-9-14-18(15-16)17-12-7-5-8-13-17/h1,5,7-9,11-15H,3-4,6,10H2. The number of aryl methyl sites for hydroxylation is 1. The lowest BCUT2D eigenvalue weighted by atomic mass is 10.0. The summed E-state index contributed by atoms with van der Waals surface area (Å²) in [7, 11) is 0. The highest BCUT2D eigenvalue weighted by molar-refractivity contribution is 5.63. The minimum absolute atomic E-state index is 0.887. The van der Waals surface area contributed by atoms with Crippen LogP contribution in [0.1, 0.15) is 24.8 Å². The van der Waals surface area contributed by atoms with E-state index in [1.54, 1.807) is 0 Å². The van der Waals surface area contributed by atoms with Gasteiger partial charge in [0.2, 0.25) is 0 Å². The molecule has 0 bridgehead atoms. The van der Waals surface area contributed by atoms with E-state index >= 15 is 0 Å². The van der Waals surface area contributed by atoms with Crippen LogP contribution in [-0.4, -0.2) is 0 Å². The third-order valence-electron chi connectivity index (χ3n) is 3.07. The second kappa shape index (κ2) is 6.67. The van der Waals surface area contributed by atoms with Gasteiger partial charge in [-0.3, -0.25) is 0 Å². The lowest BCUT2D eigenvalue weighted by Gasteiger charge is -2.05. The molecule has 0 N–H and O–H groups in total. The van der Waals surface area contributed by atoms with Gasteiger partial charge in [0.25, 0.3) is 0 Å². The first kappa shape index (κ1) is 12.5. The quantitative estimate of drug-likeness (QED) is 0.519. The monoisotopic (exact) mass is 234 g/mol. The summed E-state index contributed by atoms with van der Waals surface area (Å²) in [6, 6.07) is 19.3. The highest BCUT2D eigenvalue weighted by atomic mass is 14.0. The topological polar surface area (TPSA) is 0 Å². The van der Waals surface area contributed by atoms with Crippen molar-refractivity contribution >= 4 is 0 Å². The third kappa shape index (κ3) is 3.50. The number of benzene rings is 2. The molecule has 0 unspecified atom stereocenters. The highest BCUT2D eigenvalue weighted by Crippen LogP contribution is 2.20. The first-order valence-electron chi connectivity index (χ1n) is 6.48. The molecule has 0 nitrogen and oxygen atoms in total. The SMILES string of the molecule is C#CCCCCc1cccc(-c2ccccc2)c1. The van der Waals surface area contributed by atoms with Crippen molar-refractivity contribution in [1.29, 1.82) is 0 Å². The summed E-state index contributed by atoms with van der Waals surface area (Å²) in [5.74, 6) is 2.69. The van der Waals surface area contributed by atoms with Gasteiger partial charge < -0.3 is 0 Å². The Hall–Kier alpha value is -2.00. The molecule has 0 aliphatic carbocycles. The Bertz CT molecular complexity index is 517. The first-order chi connectivity index (χ1) is 8.90. The maximum Gasteiger partial charge on any atom is 0.00861 e. The summed E-state index contributed by atoms with van der Waals surface area (Å²) in [4.78, 5) is 0. The van der Waals surface area contributed by atoms with Crippen LogP contribution in [0.5, 0.6) is 0 Å². The fourth-order valence-electron chi connectivity index (χ4n) is 2.09. The van der Waals surface area contributed by atoms with E-state index in [1.165, 1.54) is 23.1 Å². The van der Waals surface area contributed by atoms with Crippen LogP contribution in [0.15, 0.2) is 54.6 Å². The van der Waals surface area contributed by atoms with E-state index in [0.717, 1.165) is 19.3 Å². The predicted octanol–water partition coefficient (Wildman–Crippen LogP) is 4.70. The summed E-state index contributed by atoms with van der Waals surface area (Å²) in [5, 5.41) is 0. The largest absolute Gasteiger partial charge is 0.120 e. The van der Waals surface area contributed by atoms with Gasteiger partial charge in [0.05, 0.1) is 0 Å². The van der Waals surface area contributed by atoms with Crippen LogP contribution in [0, 0.1) is 12.3 Å². The molecule has 0 atom stereocenters. The van der Waals surface area contributed by atoms with Gasteiger partial charge in [-0.15, -0.1) is 12.3 Å². The molecule has 0 radical (unpaired) electrons. The second-order valence-electron chi connectivity index (χ2n) is 4.48. The Morgan fingerprint density at radius 3 is 2.39 bits per heavy atom. The minimum Gasteiger partial charge on any atom is -0.120 e. The maximum atomic E-state index is 5.26. The zero-order valence-corrected chi connectivity index (χ0v) is 10.6. The van der Waals surface area contributed by atoms with Crippen LogP contribution in [0.3, 0.4) is 0 Å². The van der Waals surface area contributed by atoms with E-state index in [4.69, 9.17) is 6.42 Å². The molecule has 2 aromatic carbocycles. The van der Waals surface area contributed by atoms with E-state index in [9.17, 15) is 0 Å². The molecule has 0 saturated carbocycles. The average Bonchev–Trinajstić information content (AvgIpc) is 2.45. The summed E-state index contributed by atoms with van der Waals surface area (Å²) in [6.45, 7) is 0. The van der Waals surface area contributed by atoms with E-state index in [-0.39, 0.29) is 0 Å². The van der Waals surface area contributed by atoms with Gasteiger partial charge in [-0.05, 0) is 36.0 Å². The zero-order valence-electron chi connectivity index (χ0n) is 10.6. The molecule has 0 aliphatic rings. The smallest absolute Gasteiger partial charge is 0.00861 e. The molecule has 0 fully saturated rings. The summed E-state index contributed by atoms with van der Waals surface area (Å²) >= 11 is 0. The number of unbranched alkanes of at least 4 members (excludes halogenated alkanes) is 2. The van der Waals surface area contributed by atoms with Crippen molar-refractivity contribution in [2.75, 3.05) is 0 Å². The van der Waals surface area contributed by atoms with Crippen molar-refractivity contribution in [3.05, 3.63) is 60.2 Å². The third-order valence-corrected chi connectivity index (χ3v) is 3.07. The molecule has 2 aromatic rings. The van der Waals surface area contributed by atoms with Crippen molar-refractivity contribution in [3.63, 3.8) is 0 Å². The number of hydrogen-bond acceptors (Lipinski definition) is 0. The van der Waals surface area contributed by atoms with Crippen molar-refractivity contribution in [2.24, 2.45) is 0 Å². The Morgan fingerprint density at radius 1 is 0.833 bits per heavy atom. The van der Waals surface area contributed by atoms with Gasteiger partial charge in [0.1, 0.15) is 0 Å². The molecule has 0 amide bonds. The van der Waals surface area contributed by atoms with Crippen molar-refractivity contribution in [1.82, 2.24) is 0 Å². The Kier molecular flexibility index (Phi) is 4.61. The Morgan fingerprint density at radius 2 is 1.61 bits per heavy atom. The van der Waals surface area contributed by atoms with Gasteiger partial charge in [0.15, 0.2) is 0 Å². The van der Waals surface area contributed by atoms with Crippen LogP contribution < -0.4 is 0 Å². The van der Waals surface area contributed by atoms with E-state index in [0.29, 0.717) is 0 Å². The molecule has 0 aliphatic heterocycles. The summed E-state index contributed by atoms with van der Waals surface area (Å²) < 4.78 is 0. The van der Waals surface area contributed by atoms with Crippen LogP contribution in [0.2, 0.25) is 0 Å². The predicted molar refractivity (Wildman–Crippen MR) is 78.3 cm³/mol. The molecule has 90 valence electrons. The molecule has 0 heterocycles. The van der Waals surface area contributed by atoms with E-state index < -0.39 is 0 Å². The summed E-state index contributed by atoms with van der Waals surface area (Å²) in [6.07, 6.45) is 9.55. The first-order valence-corrected chi connectivity index (χ1v) is 6.48. The molecule has 2 rings (SSSR count). The zero-order chi connectivity index (χ0) is 12.6. The van der Waals surface area contributed by atoms with Crippen LogP contribution in [-0.2, 0) is 6.42 Å². The van der Waals surface area contributed by atoms with E-state index in [2.05, 4.69) is 54.5 Å². The van der Waals surface area contributed by atoms with Crippen LogP contribution >= 0.6 is 0 Å². The van der Waals surface area contributed by atoms with E-state index in [1.807, 2.05) is 6.07 Å². The van der Waals surface area contributed by atoms with Crippen molar-refractivity contribution in [2.45, 2.75) is 25.7 Å². The molecular weight excluding hydrogens is 216 g/mol. The van der Waals surface area contributed by atoms with Gasteiger partial charge in [-0.2, -0.15) is 0 Å². The lowest BCUT2D eigenvalue weighted by molar-refractivity contribution is 0.757. The average molecular weight is 234 g/mol. The highest BCUT2D eigenvalue weighted by Gasteiger charge is 1.98. The van der Waals surface area contributed by atoms with Gasteiger partial charge >= 0.3 is 0 Å². The van der Waals surface area contributed by atoms with Crippen LogP contribution in [0.25, 0.3) is 11.1 Å². The van der Waals surface area contributed by atoms with Crippen molar-refractivity contribution < 1.29 is 0 Å². The van der Waals surface area contributed by atoms with Gasteiger partial charge in [0, 0.05) is 6.42 Å². The fraction of sp³-hybridized carbons (Fsp3) is 0.222. The molecule has 0 spiro atoms. The van der Waals surface area contributed by atoms with Crippen LogP contribution in [0.4, 0.5) is 0 Å². The minimum atomic E-state index is 0.887. The fourth-order valence-corrected chi connectivity index (χ4v) is 2.09. The molecule has 0 heteroatoms. The Labute approximate surface area is 110 Å².